The molecule has 1 heteroatoms. The molecule has 0 bridgehead atoms. The summed E-state index contributed by atoms with van der Waals surface area (Å²) in [4.78, 5) is 2.36. The molecule has 0 saturated carbocycles. The van der Waals surface area contributed by atoms with E-state index in [0.717, 1.165) is 22.6 Å². The van der Waals surface area contributed by atoms with Crippen LogP contribution < -0.4 is 4.90 Å². The van der Waals surface area contributed by atoms with E-state index in [1.807, 2.05) is 6.07 Å². The Morgan fingerprint density at radius 2 is 0.851 bits per heavy atom. The molecular weight excluding hydrogens is 567 g/mol. The van der Waals surface area contributed by atoms with Gasteiger partial charge >= 0.3 is 0 Å². The van der Waals surface area contributed by atoms with Crippen LogP contribution in [0.1, 0.15) is 22.3 Å². The summed E-state index contributed by atoms with van der Waals surface area (Å²) < 4.78 is 0. The minimum absolute atomic E-state index is 1.11. The van der Waals surface area contributed by atoms with Crippen LogP contribution in [0.2, 0.25) is 0 Å². The van der Waals surface area contributed by atoms with Crippen LogP contribution in [-0.2, 0) is 0 Å². The Labute approximate surface area is 278 Å². The average molecular weight is 604 g/mol. The molecule has 0 saturated heterocycles. The molecule has 0 atom stereocenters. The molecule has 0 amide bonds. The Hall–Kier alpha value is -5.92. The van der Waals surface area contributed by atoms with Crippen LogP contribution in [0.4, 0.5) is 17.1 Å². The minimum atomic E-state index is 1.11. The monoisotopic (exact) mass is 603 g/mol. The molecule has 0 unspecified atom stereocenters. The van der Waals surface area contributed by atoms with Gasteiger partial charge in [-0.1, -0.05) is 157 Å². The van der Waals surface area contributed by atoms with E-state index in [2.05, 4.69) is 201 Å². The fourth-order valence-electron chi connectivity index (χ4n) is 6.22. The number of aryl methyl sites for hydroxylation is 2. The van der Waals surface area contributed by atoms with Crippen LogP contribution in [0.5, 0.6) is 0 Å². The van der Waals surface area contributed by atoms with Crippen LogP contribution in [0.25, 0.3) is 45.5 Å². The van der Waals surface area contributed by atoms with Crippen molar-refractivity contribution in [1.29, 1.82) is 0 Å². The first kappa shape index (κ1) is 29.8. The first-order chi connectivity index (χ1) is 23.1. The molecule has 7 aromatic rings. The average Bonchev–Trinajstić information content (AvgIpc) is 3.13. The van der Waals surface area contributed by atoms with Gasteiger partial charge in [0.25, 0.3) is 0 Å². The molecule has 7 rings (SSSR count). The maximum Gasteiger partial charge on any atom is 0.0468 e. The first-order valence-electron chi connectivity index (χ1n) is 16.2. The van der Waals surface area contributed by atoms with Crippen molar-refractivity contribution in [3.63, 3.8) is 0 Å². The molecule has 0 fully saturated rings. The van der Waals surface area contributed by atoms with E-state index in [1.54, 1.807) is 0 Å². The highest BCUT2D eigenvalue weighted by Gasteiger charge is 2.19. The van der Waals surface area contributed by atoms with E-state index < -0.39 is 0 Å². The third-order valence-electron chi connectivity index (χ3n) is 8.71. The summed E-state index contributed by atoms with van der Waals surface area (Å²) >= 11 is 0. The number of rotatable bonds is 8. The highest BCUT2D eigenvalue weighted by molar-refractivity contribution is 5.95. The Bertz CT molecular complexity index is 2120. The summed E-state index contributed by atoms with van der Waals surface area (Å²) in [5.41, 5.74) is 15.5. The van der Waals surface area contributed by atoms with Gasteiger partial charge in [0, 0.05) is 17.1 Å². The lowest BCUT2D eigenvalue weighted by molar-refractivity contribution is 1.27. The molecule has 0 aliphatic rings. The van der Waals surface area contributed by atoms with Crippen LogP contribution in [0.15, 0.2) is 176 Å². The summed E-state index contributed by atoms with van der Waals surface area (Å²) in [6.45, 7) is 4.33. The minimum Gasteiger partial charge on any atom is -0.310 e. The fraction of sp³-hybridized carbons (Fsp3) is 0.0435. The molecule has 0 aliphatic carbocycles. The van der Waals surface area contributed by atoms with Gasteiger partial charge < -0.3 is 4.90 Å². The van der Waals surface area contributed by atoms with E-state index in [4.69, 9.17) is 0 Å². The van der Waals surface area contributed by atoms with Crippen LogP contribution >= 0.6 is 0 Å². The second-order valence-electron chi connectivity index (χ2n) is 12.0. The largest absolute Gasteiger partial charge is 0.310 e. The Morgan fingerprint density at radius 3 is 1.51 bits per heavy atom. The van der Waals surface area contributed by atoms with Gasteiger partial charge in [-0.2, -0.15) is 0 Å². The number of anilines is 3. The molecule has 1 nitrogen and oxygen atoms in total. The van der Waals surface area contributed by atoms with Crippen LogP contribution in [0, 0.1) is 13.8 Å². The lowest BCUT2D eigenvalue weighted by Gasteiger charge is -2.27. The predicted octanol–water partition coefficient (Wildman–Crippen LogP) is 12.9. The van der Waals surface area contributed by atoms with Crippen molar-refractivity contribution in [1.82, 2.24) is 0 Å². The maximum atomic E-state index is 2.37. The molecule has 47 heavy (non-hydrogen) atoms. The summed E-state index contributed by atoms with van der Waals surface area (Å²) in [6, 6.07) is 63.1. The summed E-state index contributed by atoms with van der Waals surface area (Å²) in [5.74, 6) is 0. The lowest BCUT2D eigenvalue weighted by Crippen LogP contribution is -2.10. The normalized spacial score (nSPS) is 11.1. The van der Waals surface area contributed by atoms with Crippen molar-refractivity contribution in [3.05, 3.63) is 198 Å². The topological polar surface area (TPSA) is 3.24 Å². The van der Waals surface area contributed by atoms with E-state index >= 15 is 0 Å². The zero-order chi connectivity index (χ0) is 32.0. The SMILES string of the molecule is Cc1ccc(N(c2ccc(/C=C/c3ccccc3)cc2)c2ccc(-c3ccccc3C)c(-c3ccccc3-c3ccccc3)c2)cc1. The third kappa shape index (κ3) is 6.57. The van der Waals surface area contributed by atoms with Crippen molar-refractivity contribution in [2.75, 3.05) is 4.90 Å². The van der Waals surface area contributed by atoms with E-state index in [-0.39, 0.29) is 0 Å². The van der Waals surface area contributed by atoms with Crippen molar-refractivity contribution in [2.45, 2.75) is 13.8 Å². The molecule has 0 heterocycles. The Balaban J connectivity index is 1.39. The van der Waals surface area contributed by atoms with Gasteiger partial charge in [-0.25, -0.2) is 0 Å². The summed E-state index contributed by atoms with van der Waals surface area (Å²) in [6.07, 6.45) is 4.33. The van der Waals surface area contributed by atoms with Gasteiger partial charge in [0.2, 0.25) is 0 Å². The number of nitrogens with zero attached hydrogens (tertiary/aromatic N) is 1. The summed E-state index contributed by atoms with van der Waals surface area (Å²) in [7, 11) is 0. The number of benzene rings is 7. The quantitative estimate of drug-likeness (QED) is 0.156. The second kappa shape index (κ2) is 13.6. The van der Waals surface area contributed by atoms with Crippen molar-refractivity contribution in [3.8, 4) is 33.4 Å². The van der Waals surface area contributed by atoms with Gasteiger partial charge in [0.1, 0.15) is 0 Å². The Kier molecular flexibility index (Phi) is 8.62. The Morgan fingerprint density at radius 1 is 0.362 bits per heavy atom. The van der Waals surface area contributed by atoms with E-state index in [9.17, 15) is 0 Å². The molecule has 0 N–H and O–H groups in total. The lowest BCUT2D eigenvalue weighted by atomic mass is 9.87. The number of hydrogen-bond acceptors (Lipinski definition) is 1. The van der Waals surface area contributed by atoms with Crippen molar-refractivity contribution in [2.24, 2.45) is 0 Å². The zero-order valence-electron chi connectivity index (χ0n) is 26.8. The predicted molar refractivity (Wildman–Crippen MR) is 202 cm³/mol. The van der Waals surface area contributed by atoms with Crippen molar-refractivity contribution >= 4 is 29.2 Å². The smallest absolute Gasteiger partial charge is 0.0468 e. The number of hydrogen-bond donors (Lipinski definition) is 0. The highest BCUT2D eigenvalue weighted by atomic mass is 15.1. The maximum absolute atomic E-state index is 2.37. The first-order valence-corrected chi connectivity index (χ1v) is 16.2. The molecule has 7 aromatic carbocycles. The van der Waals surface area contributed by atoms with E-state index in [0.29, 0.717) is 0 Å². The third-order valence-corrected chi connectivity index (χ3v) is 8.71. The molecule has 0 radical (unpaired) electrons. The van der Waals surface area contributed by atoms with Crippen molar-refractivity contribution < 1.29 is 0 Å². The molecule has 0 spiro atoms. The second-order valence-corrected chi connectivity index (χ2v) is 12.0. The van der Waals surface area contributed by atoms with Gasteiger partial charge in [-0.15, -0.1) is 0 Å². The standard InChI is InChI=1S/C46H37N/c1-34-21-27-39(28-22-34)47(40-29-25-37(26-30-40)24-23-36-14-5-3-6-15-36)41-31-32-45(42-18-10-9-13-35(42)2)46(33-41)44-20-12-11-19-43(44)38-16-7-4-8-17-38/h3-33H,1-2H3/b24-23+. The fourth-order valence-corrected chi connectivity index (χ4v) is 6.22. The molecular formula is C46H37N. The zero-order valence-corrected chi connectivity index (χ0v) is 26.8. The van der Waals surface area contributed by atoms with Crippen LogP contribution in [0.3, 0.4) is 0 Å². The van der Waals surface area contributed by atoms with E-state index in [1.165, 1.54) is 50.1 Å². The van der Waals surface area contributed by atoms with Crippen LogP contribution in [-0.4, -0.2) is 0 Å². The highest BCUT2D eigenvalue weighted by Crippen LogP contribution is 2.43. The molecule has 226 valence electrons. The molecule has 0 aromatic heterocycles. The summed E-state index contributed by atoms with van der Waals surface area (Å²) in [5, 5.41) is 0. The molecule has 0 aliphatic heterocycles. The van der Waals surface area contributed by atoms with Gasteiger partial charge in [-0.3, -0.25) is 0 Å². The van der Waals surface area contributed by atoms with Gasteiger partial charge in [0.15, 0.2) is 0 Å². The van der Waals surface area contributed by atoms with Gasteiger partial charge in [-0.05, 0) is 100 Å². The van der Waals surface area contributed by atoms with Gasteiger partial charge in [0.05, 0.1) is 0 Å².